The molecule has 3 heteroatoms. The van der Waals surface area contributed by atoms with Gasteiger partial charge in [0.1, 0.15) is 33.5 Å². The lowest BCUT2D eigenvalue weighted by Crippen LogP contribution is -1.92. The summed E-state index contributed by atoms with van der Waals surface area (Å²) in [5.74, 6) is 0. The van der Waals surface area contributed by atoms with Crippen LogP contribution in [0.25, 0.3) is 263 Å². The molecule has 0 aliphatic rings. The Bertz CT molecular complexity index is 9000. The van der Waals surface area contributed by atoms with E-state index in [1.807, 2.05) is 36.4 Å². The van der Waals surface area contributed by atoms with E-state index in [0.29, 0.717) is 0 Å². The third-order valence-corrected chi connectivity index (χ3v) is 26.6. The minimum atomic E-state index is 0.919. The molecule has 600 valence electrons. The average molecular weight is 1640 g/mol. The van der Waals surface area contributed by atoms with Gasteiger partial charge in [-0.3, -0.25) is 0 Å². The summed E-state index contributed by atoms with van der Waals surface area (Å²) >= 11 is 0. The third kappa shape index (κ3) is 12.6. The molecule has 27 aromatic rings. The zero-order valence-electron chi connectivity index (χ0n) is 70.3. The lowest BCUT2D eigenvalue weighted by atomic mass is 9.84. The molecule has 129 heavy (non-hydrogen) atoms. The Morgan fingerprint density at radius 3 is 0.729 bits per heavy atom. The van der Waals surface area contributed by atoms with Crippen LogP contribution in [0.1, 0.15) is 0 Å². The summed E-state index contributed by atoms with van der Waals surface area (Å²) in [5, 5.41) is 29.7. The van der Waals surface area contributed by atoms with Gasteiger partial charge in [0.05, 0.1) is 0 Å². The van der Waals surface area contributed by atoms with Crippen molar-refractivity contribution in [3.8, 4) is 100 Å². The summed E-state index contributed by atoms with van der Waals surface area (Å²) in [6, 6.07) is 171. The first-order valence-electron chi connectivity index (χ1n) is 44.3. The predicted octanol–water partition coefficient (Wildman–Crippen LogP) is 36.1. The van der Waals surface area contributed by atoms with Crippen LogP contribution in [0.3, 0.4) is 0 Å². The maximum Gasteiger partial charge on any atom is 0.143 e. The molecule has 0 bridgehead atoms. The van der Waals surface area contributed by atoms with Crippen molar-refractivity contribution in [2.24, 2.45) is 0 Å². The second-order valence-electron chi connectivity index (χ2n) is 33.7. The van der Waals surface area contributed by atoms with Gasteiger partial charge >= 0.3 is 0 Å². The van der Waals surface area contributed by atoms with E-state index >= 15 is 0 Å². The van der Waals surface area contributed by atoms with Gasteiger partial charge in [0.15, 0.2) is 0 Å². The molecule has 0 saturated carbocycles. The van der Waals surface area contributed by atoms with Gasteiger partial charge in [0.25, 0.3) is 0 Å². The van der Waals surface area contributed by atoms with Gasteiger partial charge in [-0.2, -0.15) is 0 Å². The molecule has 0 aliphatic carbocycles. The molecule has 27 rings (SSSR count). The summed E-state index contributed by atoms with van der Waals surface area (Å²) in [5.41, 5.74) is 27.7. The summed E-state index contributed by atoms with van der Waals surface area (Å²) in [7, 11) is 0. The predicted molar refractivity (Wildman–Crippen MR) is 548 cm³/mol. The fourth-order valence-corrected chi connectivity index (χ4v) is 20.8. The number of para-hydroxylation sites is 4. The van der Waals surface area contributed by atoms with Gasteiger partial charge in [-0.15, -0.1) is 0 Å². The number of fused-ring (bicyclic) bond motifs is 18. The molecule has 0 amide bonds. The molecule has 0 N–H and O–H groups in total. The number of hydrogen-bond acceptors (Lipinski definition) is 3. The lowest BCUT2D eigenvalue weighted by molar-refractivity contribution is 0.668. The number of furan rings is 3. The van der Waals surface area contributed by atoms with Crippen LogP contribution in [0, 0.1) is 0 Å². The molecule has 0 saturated heterocycles. The average Bonchev–Trinajstić information content (AvgIpc) is 1.54. The highest BCUT2D eigenvalue weighted by Gasteiger charge is 2.24. The summed E-state index contributed by atoms with van der Waals surface area (Å²) in [6.07, 6.45) is 0. The van der Waals surface area contributed by atoms with Crippen LogP contribution in [0.4, 0.5) is 0 Å². The first-order valence-corrected chi connectivity index (χ1v) is 44.3. The first-order chi connectivity index (χ1) is 64.0. The highest BCUT2D eigenvalue weighted by Crippen LogP contribution is 2.51. The van der Waals surface area contributed by atoms with Gasteiger partial charge in [-0.05, 0) is 240 Å². The van der Waals surface area contributed by atoms with Crippen LogP contribution >= 0.6 is 0 Å². The Labute approximate surface area is 744 Å². The van der Waals surface area contributed by atoms with Crippen LogP contribution in [0.15, 0.2) is 486 Å². The van der Waals surface area contributed by atoms with E-state index in [2.05, 4.69) is 437 Å². The molecular weight excluding hydrogens is 1560 g/mol. The SMILES string of the molecule is c1cc(-c2ccc3oc4ccccc4c3c2)cc(-c2c3ccccc3c(-c3cccc4ccccc34)c3ccccc23)c1.c1ccc2c(-c3c4ccccc4c(-c4ccc(-c5ccc6oc7ccccc7c6c5)cc4)c4ccccc34)cccc2c1.c1ccc2c(-c3c4ccccc4c(-c4ccc(-c5cccc6c5oc5ccccc56)cc4)c4ccccc34)cccc2c1. The number of hydrogen-bond donors (Lipinski definition) is 0. The largest absolute Gasteiger partial charge is 0.456 e. The monoisotopic (exact) mass is 1640 g/mol. The van der Waals surface area contributed by atoms with Crippen molar-refractivity contribution < 1.29 is 13.3 Å². The number of benzene rings is 24. The zero-order chi connectivity index (χ0) is 85.0. The van der Waals surface area contributed by atoms with Crippen molar-refractivity contribution in [1.82, 2.24) is 0 Å². The quantitative estimate of drug-likeness (QED) is 0.135. The molecule has 0 atom stereocenters. The van der Waals surface area contributed by atoms with Gasteiger partial charge in [-0.25, -0.2) is 0 Å². The van der Waals surface area contributed by atoms with Crippen molar-refractivity contribution >= 4 is 163 Å². The fourth-order valence-electron chi connectivity index (χ4n) is 20.8. The second-order valence-corrected chi connectivity index (χ2v) is 33.7. The molecule has 0 spiro atoms. The lowest BCUT2D eigenvalue weighted by Gasteiger charge is -2.19. The van der Waals surface area contributed by atoms with Crippen molar-refractivity contribution in [1.29, 1.82) is 0 Å². The maximum atomic E-state index is 6.35. The Hall–Kier alpha value is -17.0. The minimum Gasteiger partial charge on any atom is -0.456 e. The first kappa shape index (κ1) is 74.6. The van der Waals surface area contributed by atoms with E-state index in [1.165, 1.54) is 186 Å². The van der Waals surface area contributed by atoms with E-state index < -0.39 is 0 Å². The molecule has 24 aromatic carbocycles. The van der Waals surface area contributed by atoms with E-state index in [1.54, 1.807) is 0 Å². The van der Waals surface area contributed by atoms with Crippen molar-refractivity contribution in [3.63, 3.8) is 0 Å². The second kappa shape index (κ2) is 31.1. The highest BCUT2D eigenvalue weighted by atomic mass is 16.3. The standard InChI is InChI=1S/3C42H26O/c1-2-15-31-27(11-1)12-10-21-33(31)42-36-19-5-3-17-34(36)41(35-18-4-6-20-37(35)42)30-14-9-13-28(25-30)29-23-24-40-38(26-29)32-16-7-8-22-39(32)43-40;1-2-13-30-27(11-1)12-9-20-33(30)41-36-17-5-3-15-34(36)40(35-16-4-6-18-37(35)41)29-25-23-28(24-26-29)31-19-10-21-38-32-14-7-8-22-39(32)43-42(31)38;1-2-12-31-28(10-1)11-9-18-33(31)42-36-16-5-3-14-34(36)41(35-15-4-6-17-37(35)42)29-22-20-27(21-23-29)30-24-25-40-38(26-30)32-13-7-8-19-39(32)43-40/h3*1-26H. The smallest absolute Gasteiger partial charge is 0.143 e. The number of rotatable bonds is 9. The molecule has 0 fully saturated rings. The molecule has 0 radical (unpaired) electrons. The topological polar surface area (TPSA) is 39.4 Å². The third-order valence-electron chi connectivity index (χ3n) is 26.6. The normalized spacial score (nSPS) is 11.7. The van der Waals surface area contributed by atoms with E-state index in [4.69, 9.17) is 13.3 Å². The van der Waals surface area contributed by atoms with Crippen molar-refractivity contribution in [2.75, 3.05) is 0 Å². The molecule has 3 nitrogen and oxygen atoms in total. The molecule has 0 unspecified atom stereocenters. The van der Waals surface area contributed by atoms with Gasteiger partial charge in [0.2, 0.25) is 0 Å². The Kier molecular flexibility index (Phi) is 18.0. The van der Waals surface area contributed by atoms with E-state index in [0.717, 1.165) is 76.9 Å². The van der Waals surface area contributed by atoms with E-state index in [-0.39, 0.29) is 0 Å². The zero-order valence-corrected chi connectivity index (χ0v) is 70.3. The highest BCUT2D eigenvalue weighted by molar-refractivity contribution is 6.27. The van der Waals surface area contributed by atoms with Gasteiger partial charge < -0.3 is 13.3 Å². The van der Waals surface area contributed by atoms with Crippen LogP contribution in [0.5, 0.6) is 0 Å². The Balaban J connectivity index is 0.000000105. The Morgan fingerprint density at radius 1 is 0.109 bits per heavy atom. The fraction of sp³-hybridized carbons (Fsp3) is 0. The summed E-state index contributed by atoms with van der Waals surface area (Å²) < 4.78 is 18.5. The van der Waals surface area contributed by atoms with Gasteiger partial charge in [-0.1, -0.05) is 425 Å². The summed E-state index contributed by atoms with van der Waals surface area (Å²) in [4.78, 5) is 0. The molecule has 3 aromatic heterocycles. The summed E-state index contributed by atoms with van der Waals surface area (Å²) in [6.45, 7) is 0. The minimum absolute atomic E-state index is 0.919. The maximum absolute atomic E-state index is 6.35. The van der Waals surface area contributed by atoms with Crippen molar-refractivity contribution in [2.45, 2.75) is 0 Å². The van der Waals surface area contributed by atoms with Crippen molar-refractivity contribution in [3.05, 3.63) is 473 Å². The van der Waals surface area contributed by atoms with Crippen LogP contribution in [-0.2, 0) is 0 Å². The Morgan fingerprint density at radius 2 is 0.341 bits per heavy atom. The van der Waals surface area contributed by atoms with Crippen LogP contribution in [-0.4, -0.2) is 0 Å². The molecular formula is C126H78O3. The van der Waals surface area contributed by atoms with Gasteiger partial charge in [0, 0.05) is 37.9 Å². The van der Waals surface area contributed by atoms with Crippen LogP contribution < -0.4 is 0 Å². The molecule has 3 heterocycles. The molecule has 0 aliphatic heterocycles. The van der Waals surface area contributed by atoms with E-state index in [9.17, 15) is 0 Å². The van der Waals surface area contributed by atoms with Crippen LogP contribution in [0.2, 0.25) is 0 Å².